The van der Waals surface area contributed by atoms with E-state index in [1.54, 1.807) is 0 Å². The summed E-state index contributed by atoms with van der Waals surface area (Å²) < 4.78 is 0. The normalized spacial score (nSPS) is 14.4. The number of nitrogens with two attached hydrogens (primary N) is 1. The van der Waals surface area contributed by atoms with Crippen molar-refractivity contribution in [1.82, 2.24) is 15.6 Å². The van der Waals surface area contributed by atoms with Gasteiger partial charge in [0.15, 0.2) is 6.29 Å². The monoisotopic (exact) mass is 238 g/mol. The van der Waals surface area contributed by atoms with Gasteiger partial charge in [-0.3, -0.25) is 0 Å². The molecule has 8 N–H and O–H groups in total. The largest absolute Gasteiger partial charge is 0.384 e. The zero-order valence-electron chi connectivity index (χ0n) is 7.97. The molecule has 4 amide bonds. The van der Waals surface area contributed by atoms with Crippen LogP contribution in [0.15, 0.2) is 0 Å². The highest BCUT2D eigenvalue weighted by atomic mass is 28.2. The van der Waals surface area contributed by atoms with Crippen molar-refractivity contribution >= 4 is 22.5 Å². The number of nitrogens with one attached hydrogen (secondary N) is 3. The van der Waals surface area contributed by atoms with Gasteiger partial charge in [-0.1, -0.05) is 0 Å². The highest BCUT2D eigenvalue weighted by molar-refractivity contribution is 6.13. The first-order chi connectivity index (χ1) is 6.88. The molecule has 0 fully saturated rings. The number of primary amides is 1. The molecule has 0 aromatic rings. The van der Waals surface area contributed by atoms with E-state index in [1.165, 1.54) is 0 Å². The van der Waals surface area contributed by atoms with E-state index in [1.807, 2.05) is 5.32 Å². The van der Waals surface area contributed by atoms with Crippen molar-refractivity contribution in [3.8, 4) is 0 Å². The Morgan fingerprint density at radius 1 is 1.20 bits per heavy atom. The van der Waals surface area contributed by atoms with Gasteiger partial charge in [-0.2, -0.15) is 0 Å². The summed E-state index contributed by atoms with van der Waals surface area (Å²) in [5, 5.41) is 30.5. The van der Waals surface area contributed by atoms with Crippen molar-refractivity contribution in [3.63, 3.8) is 0 Å². The first kappa shape index (κ1) is 13.6. The summed E-state index contributed by atoms with van der Waals surface area (Å²) in [7, 11) is 0.357. The quantitative estimate of drug-likeness (QED) is 0.193. The zero-order valence-corrected chi connectivity index (χ0v) is 9.97. The second-order valence-corrected chi connectivity index (χ2v) is 3.11. The lowest BCUT2D eigenvalue weighted by molar-refractivity contribution is -0.133. The Hall–Kier alpha value is -1.36. The number of hydrogen-bond donors (Lipinski definition) is 7. The van der Waals surface area contributed by atoms with Gasteiger partial charge >= 0.3 is 12.1 Å². The molecule has 9 nitrogen and oxygen atoms in total. The first-order valence-electron chi connectivity index (χ1n) is 3.97. The SMILES string of the molecule is NC(=O)NC(NC(=O)N[SiH3])C(O)C(O)O. The molecule has 0 aromatic heterocycles. The summed E-state index contributed by atoms with van der Waals surface area (Å²) in [6.07, 6.45) is -5.27. The summed E-state index contributed by atoms with van der Waals surface area (Å²) in [6, 6.07) is -1.69. The Morgan fingerprint density at radius 2 is 1.73 bits per heavy atom. The van der Waals surface area contributed by atoms with Crippen LogP contribution >= 0.6 is 0 Å². The third-order valence-corrected chi connectivity index (χ3v) is 1.91. The molecule has 0 spiro atoms. The van der Waals surface area contributed by atoms with Crippen LogP contribution < -0.4 is 21.3 Å². The molecule has 0 rings (SSSR count). The Kier molecular flexibility index (Phi) is 5.62. The number of carbonyl (C=O) groups is 2. The Morgan fingerprint density at radius 3 is 2.07 bits per heavy atom. The molecule has 2 atom stereocenters. The summed E-state index contributed by atoms with van der Waals surface area (Å²) in [5.74, 6) is 0. The van der Waals surface area contributed by atoms with Gasteiger partial charge in [0.2, 0.25) is 0 Å². The number of urea groups is 2. The minimum atomic E-state index is -2.11. The van der Waals surface area contributed by atoms with E-state index in [-0.39, 0.29) is 0 Å². The van der Waals surface area contributed by atoms with Crippen molar-refractivity contribution < 1.29 is 24.9 Å². The maximum atomic E-state index is 10.9. The molecule has 0 aromatic carbocycles. The fourth-order valence-electron chi connectivity index (χ4n) is 0.746. The van der Waals surface area contributed by atoms with Gasteiger partial charge in [0.05, 0.1) is 0 Å². The molecular formula is C5H14N4O5Si. The molecule has 0 aliphatic heterocycles. The van der Waals surface area contributed by atoms with Crippen LogP contribution in [-0.4, -0.2) is 56.3 Å². The fourth-order valence-corrected chi connectivity index (χ4v) is 0.890. The summed E-state index contributed by atoms with van der Waals surface area (Å²) in [5.41, 5.74) is 4.76. The molecule has 0 saturated heterocycles. The van der Waals surface area contributed by atoms with Gasteiger partial charge in [0, 0.05) is 0 Å². The summed E-state index contributed by atoms with van der Waals surface area (Å²) in [6.45, 7) is 0. The zero-order chi connectivity index (χ0) is 12.0. The lowest BCUT2D eigenvalue weighted by Crippen LogP contribution is -2.60. The van der Waals surface area contributed by atoms with Crippen LogP contribution in [0.25, 0.3) is 0 Å². The Bertz CT molecular complexity index is 237. The molecule has 0 aliphatic carbocycles. The van der Waals surface area contributed by atoms with Gasteiger partial charge < -0.3 is 36.7 Å². The molecule has 0 heterocycles. The lowest BCUT2D eigenvalue weighted by Gasteiger charge is -2.25. The molecule has 15 heavy (non-hydrogen) atoms. The first-order valence-corrected chi connectivity index (χ1v) is 4.97. The van der Waals surface area contributed by atoms with Crippen LogP contribution in [0.4, 0.5) is 9.59 Å². The smallest absolute Gasteiger partial charge is 0.313 e. The highest BCUT2D eigenvalue weighted by Crippen LogP contribution is 1.94. The molecule has 2 unspecified atom stereocenters. The Labute approximate surface area is 88.1 Å². The highest BCUT2D eigenvalue weighted by Gasteiger charge is 2.27. The number of aliphatic hydroxyl groups excluding tert-OH is 2. The average Bonchev–Trinajstić information content (AvgIpc) is 2.14. The summed E-state index contributed by atoms with van der Waals surface area (Å²) in [4.78, 5) is 23.6. The fraction of sp³-hybridized carbons (Fsp3) is 0.600. The van der Waals surface area contributed by atoms with Gasteiger partial charge in [-0.05, 0) is 0 Å². The van der Waals surface area contributed by atoms with E-state index >= 15 is 0 Å². The maximum absolute atomic E-state index is 10.9. The van der Waals surface area contributed by atoms with Gasteiger partial charge in [0.25, 0.3) is 0 Å². The van der Waals surface area contributed by atoms with Crippen LogP contribution in [0.1, 0.15) is 0 Å². The van der Waals surface area contributed by atoms with Gasteiger partial charge in [-0.15, -0.1) is 0 Å². The molecule has 0 bridgehead atoms. The van der Waals surface area contributed by atoms with Crippen molar-refractivity contribution in [2.75, 3.05) is 0 Å². The van der Waals surface area contributed by atoms with E-state index in [4.69, 9.17) is 15.9 Å². The molecule has 0 radical (unpaired) electrons. The molecular weight excluding hydrogens is 224 g/mol. The lowest BCUT2D eigenvalue weighted by atomic mass is 10.2. The molecule has 0 aliphatic rings. The van der Waals surface area contributed by atoms with Crippen LogP contribution in [0, 0.1) is 0 Å². The van der Waals surface area contributed by atoms with E-state index in [9.17, 15) is 14.7 Å². The second kappa shape index (κ2) is 6.18. The Balaban J connectivity index is 4.43. The molecule has 10 heteroatoms. The predicted molar refractivity (Wildman–Crippen MR) is 52.3 cm³/mol. The number of amides is 4. The van der Waals surface area contributed by atoms with Crippen molar-refractivity contribution in [1.29, 1.82) is 0 Å². The number of rotatable bonds is 4. The minimum absolute atomic E-state index is 0.357. The van der Waals surface area contributed by atoms with E-state index < -0.39 is 30.6 Å². The van der Waals surface area contributed by atoms with Crippen molar-refractivity contribution in [2.45, 2.75) is 18.6 Å². The van der Waals surface area contributed by atoms with Crippen LogP contribution in [0.3, 0.4) is 0 Å². The van der Waals surface area contributed by atoms with Gasteiger partial charge in [-0.25, -0.2) is 9.59 Å². The number of aliphatic hydroxyl groups is 3. The maximum Gasteiger partial charge on any atom is 0.313 e. The third kappa shape index (κ3) is 5.17. The van der Waals surface area contributed by atoms with Crippen molar-refractivity contribution in [3.05, 3.63) is 0 Å². The van der Waals surface area contributed by atoms with Crippen LogP contribution in [0.2, 0.25) is 0 Å². The standard InChI is InChI=1S/C5H14N4O5Si/c6-4(13)7-2(1(10)3(11)12)8-5(14)9-15/h1-3,10-12H,15H3,(H3,6,7,13)(H2,8,9,14). The third-order valence-electron chi connectivity index (χ3n) is 1.46. The second-order valence-electron chi connectivity index (χ2n) is 2.61. The van der Waals surface area contributed by atoms with Gasteiger partial charge in [0.1, 0.15) is 22.7 Å². The van der Waals surface area contributed by atoms with Crippen LogP contribution in [-0.2, 0) is 0 Å². The van der Waals surface area contributed by atoms with E-state index in [2.05, 4.69) is 10.3 Å². The van der Waals surface area contributed by atoms with E-state index in [0.717, 1.165) is 0 Å². The average molecular weight is 238 g/mol. The summed E-state index contributed by atoms with van der Waals surface area (Å²) >= 11 is 0. The van der Waals surface area contributed by atoms with E-state index in [0.29, 0.717) is 10.4 Å². The van der Waals surface area contributed by atoms with Crippen molar-refractivity contribution in [2.24, 2.45) is 5.73 Å². The minimum Gasteiger partial charge on any atom is -0.384 e. The predicted octanol–water partition coefficient (Wildman–Crippen LogP) is -4.77. The topological polar surface area (TPSA) is 157 Å². The van der Waals surface area contributed by atoms with Crippen LogP contribution in [0.5, 0.6) is 0 Å². The number of carbonyl (C=O) groups excluding carboxylic acids is 2. The molecule has 0 saturated carbocycles. The molecule has 88 valence electrons. The number of hydrogen-bond acceptors (Lipinski definition) is 5.